The van der Waals surface area contributed by atoms with Crippen LogP contribution in [0.4, 0.5) is 5.69 Å². The Hall–Kier alpha value is -3.37. The number of piperazine rings is 1. The topological polar surface area (TPSA) is 104 Å². The lowest BCUT2D eigenvalue weighted by molar-refractivity contribution is -0.385. The van der Waals surface area contributed by atoms with E-state index >= 15 is 0 Å². The second-order valence-corrected chi connectivity index (χ2v) is 7.87. The summed E-state index contributed by atoms with van der Waals surface area (Å²) in [5.41, 5.74) is 1.70. The van der Waals surface area contributed by atoms with E-state index in [9.17, 15) is 14.9 Å². The molecule has 0 N–H and O–H groups in total. The first-order valence-corrected chi connectivity index (χ1v) is 11.1. The number of carbonyl (C=O) groups is 1. The molecule has 0 bridgehead atoms. The van der Waals surface area contributed by atoms with Crippen LogP contribution in [0.2, 0.25) is 0 Å². The number of esters is 1. The number of benzene rings is 2. The molecule has 1 heterocycles. The summed E-state index contributed by atoms with van der Waals surface area (Å²) in [6.07, 6.45) is 0. The molecule has 0 spiro atoms. The van der Waals surface area contributed by atoms with Gasteiger partial charge >= 0.3 is 5.97 Å². The van der Waals surface area contributed by atoms with Crippen LogP contribution in [0.25, 0.3) is 0 Å². The van der Waals surface area contributed by atoms with Gasteiger partial charge in [0.15, 0.2) is 11.5 Å². The zero-order valence-electron chi connectivity index (χ0n) is 20.0. The maximum atomic E-state index is 11.9. The maximum Gasteiger partial charge on any atom is 0.338 e. The summed E-state index contributed by atoms with van der Waals surface area (Å²) < 4.78 is 21.4. The molecule has 0 saturated carbocycles. The standard InChI is InChI=1S/C24H31N3O7/c1-5-34-24(28)17-6-7-18(20(14-17)27(29)30)15-25-10-12-26(13-11-25)16-19-8-9-21(31-2)23(33-4)22(19)32-3/h6-9,14H,5,10-13,15-16H2,1-4H3. The van der Waals surface area contributed by atoms with E-state index in [0.29, 0.717) is 35.9 Å². The Labute approximate surface area is 199 Å². The summed E-state index contributed by atoms with van der Waals surface area (Å²) in [6, 6.07) is 8.37. The van der Waals surface area contributed by atoms with Crippen LogP contribution in [0.5, 0.6) is 17.2 Å². The molecular weight excluding hydrogens is 442 g/mol. The van der Waals surface area contributed by atoms with E-state index in [1.807, 2.05) is 12.1 Å². The Kier molecular flexibility index (Phi) is 8.67. The minimum Gasteiger partial charge on any atom is -0.493 e. The molecule has 2 aromatic carbocycles. The van der Waals surface area contributed by atoms with Crippen molar-refractivity contribution in [3.8, 4) is 17.2 Å². The van der Waals surface area contributed by atoms with Crippen molar-refractivity contribution in [1.29, 1.82) is 0 Å². The third-order valence-electron chi connectivity index (χ3n) is 5.83. The smallest absolute Gasteiger partial charge is 0.338 e. The molecule has 1 saturated heterocycles. The number of hydrogen-bond acceptors (Lipinski definition) is 9. The summed E-state index contributed by atoms with van der Waals surface area (Å²) in [5, 5.41) is 11.6. The van der Waals surface area contributed by atoms with Gasteiger partial charge in [0, 0.05) is 56.5 Å². The molecule has 34 heavy (non-hydrogen) atoms. The van der Waals surface area contributed by atoms with Crippen LogP contribution in [0.1, 0.15) is 28.4 Å². The van der Waals surface area contributed by atoms with Gasteiger partial charge in [0.25, 0.3) is 5.69 Å². The number of nitrogens with zero attached hydrogens (tertiary/aromatic N) is 3. The van der Waals surface area contributed by atoms with Gasteiger partial charge in [-0.25, -0.2) is 4.79 Å². The van der Waals surface area contributed by atoms with Gasteiger partial charge in [-0.3, -0.25) is 19.9 Å². The third kappa shape index (κ3) is 5.75. The van der Waals surface area contributed by atoms with Crippen LogP contribution in [0, 0.1) is 10.1 Å². The van der Waals surface area contributed by atoms with E-state index in [2.05, 4.69) is 9.80 Å². The Morgan fingerprint density at radius 2 is 1.50 bits per heavy atom. The van der Waals surface area contributed by atoms with Gasteiger partial charge in [0.05, 0.1) is 38.4 Å². The van der Waals surface area contributed by atoms with Gasteiger partial charge in [-0.1, -0.05) is 12.1 Å². The summed E-state index contributed by atoms with van der Waals surface area (Å²) in [5.74, 6) is 1.28. The van der Waals surface area contributed by atoms with Crippen LogP contribution in [-0.4, -0.2) is 74.8 Å². The van der Waals surface area contributed by atoms with E-state index < -0.39 is 10.9 Å². The van der Waals surface area contributed by atoms with Gasteiger partial charge < -0.3 is 18.9 Å². The van der Waals surface area contributed by atoms with Gasteiger partial charge in [-0.05, 0) is 19.1 Å². The summed E-state index contributed by atoms with van der Waals surface area (Å²) in [4.78, 5) is 27.6. The lowest BCUT2D eigenvalue weighted by atomic mass is 10.1. The highest BCUT2D eigenvalue weighted by molar-refractivity contribution is 5.90. The Balaban J connectivity index is 1.65. The number of methoxy groups -OCH3 is 3. The molecule has 0 aromatic heterocycles. The summed E-state index contributed by atoms with van der Waals surface area (Å²) in [6.45, 7) is 6.14. The number of ether oxygens (including phenoxy) is 4. The normalized spacial score (nSPS) is 14.5. The number of nitro benzene ring substituents is 1. The third-order valence-corrected chi connectivity index (χ3v) is 5.83. The van der Waals surface area contributed by atoms with Crippen LogP contribution >= 0.6 is 0 Å². The second-order valence-electron chi connectivity index (χ2n) is 7.87. The predicted octanol–water partition coefficient (Wildman–Crippen LogP) is 3.12. The SMILES string of the molecule is CCOC(=O)c1ccc(CN2CCN(Cc3ccc(OC)c(OC)c3OC)CC2)c([N+](=O)[O-])c1. The molecule has 0 radical (unpaired) electrons. The van der Waals surface area contributed by atoms with E-state index in [0.717, 1.165) is 31.7 Å². The van der Waals surface area contributed by atoms with Crippen molar-refractivity contribution in [2.45, 2.75) is 20.0 Å². The fourth-order valence-electron chi connectivity index (χ4n) is 4.08. The highest BCUT2D eigenvalue weighted by atomic mass is 16.6. The highest BCUT2D eigenvalue weighted by Gasteiger charge is 2.24. The molecule has 0 aliphatic carbocycles. The van der Waals surface area contributed by atoms with Crippen molar-refractivity contribution in [1.82, 2.24) is 9.80 Å². The lowest BCUT2D eigenvalue weighted by Crippen LogP contribution is -2.45. The molecule has 0 amide bonds. The molecule has 0 atom stereocenters. The molecule has 0 unspecified atom stereocenters. The van der Waals surface area contributed by atoms with Crippen LogP contribution in [0.15, 0.2) is 30.3 Å². The highest BCUT2D eigenvalue weighted by Crippen LogP contribution is 2.40. The molecule has 184 valence electrons. The van der Waals surface area contributed by atoms with Crippen LogP contribution in [-0.2, 0) is 17.8 Å². The first-order chi connectivity index (χ1) is 16.4. The molecular formula is C24H31N3O7. The first kappa shape index (κ1) is 25.3. The number of carbonyl (C=O) groups excluding carboxylic acids is 1. The first-order valence-electron chi connectivity index (χ1n) is 11.1. The van der Waals surface area contributed by atoms with E-state index in [4.69, 9.17) is 18.9 Å². The molecule has 1 aliphatic rings. The van der Waals surface area contributed by atoms with Gasteiger partial charge in [0.1, 0.15) is 0 Å². The van der Waals surface area contributed by atoms with Crippen LogP contribution in [0.3, 0.4) is 0 Å². The average Bonchev–Trinajstić information content (AvgIpc) is 2.84. The van der Waals surface area contributed by atoms with E-state index in [1.54, 1.807) is 40.4 Å². The maximum absolute atomic E-state index is 11.9. The van der Waals surface area contributed by atoms with Crippen LogP contribution < -0.4 is 14.2 Å². The van der Waals surface area contributed by atoms with E-state index in [-0.39, 0.29) is 17.9 Å². The average molecular weight is 474 g/mol. The Bertz CT molecular complexity index is 1020. The fraction of sp³-hybridized carbons (Fsp3) is 0.458. The van der Waals surface area contributed by atoms with Gasteiger partial charge in [0.2, 0.25) is 5.75 Å². The van der Waals surface area contributed by atoms with Gasteiger partial charge in [-0.2, -0.15) is 0 Å². The monoisotopic (exact) mass is 473 g/mol. The quantitative estimate of drug-likeness (QED) is 0.292. The van der Waals surface area contributed by atoms with E-state index in [1.165, 1.54) is 6.07 Å². The lowest BCUT2D eigenvalue weighted by Gasteiger charge is -2.35. The minimum absolute atomic E-state index is 0.0666. The predicted molar refractivity (Wildman–Crippen MR) is 126 cm³/mol. The van der Waals surface area contributed by atoms with Crippen molar-refractivity contribution < 1.29 is 28.7 Å². The molecule has 10 nitrogen and oxygen atoms in total. The molecule has 10 heteroatoms. The largest absolute Gasteiger partial charge is 0.493 e. The second kappa shape index (κ2) is 11.7. The van der Waals surface area contributed by atoms with Gasteiger partial charge in [-0.15, -0.1) is 0 Å². The molecule has 1 fully saturated rings. The van der Waals surface area contributed by atoms with Crippen molar-refractivity contribution >= 4 is 11.7 Å². The Morgan fingerprint density at radius 3 is 2.03 bits per heavy atom. The zero-order chi connectivity index (χ0) is 24.7. The molecule has 3 rings (SSSR count). The van der Waals surface area contributed by atoms with Crippen molar-refractivity contribution in [2.75, 3.05) is 54.1 Å². The zero-order valence-corrected chi connectivity index (χ0v) is 20.0. The van der Waals surface area contributed by atoms with Crippen molar-refractivity contribution in [3.63, 3.8) is 0 Å². The fourth-order valence-corrected chi connectivity index (χ4v) is 4.08. The Morgan fingerprint density at radius 1 is 0.912 bits per heavy atom. The molecule has 2 aromatic rings. The van der Waals surface area contributed by atoms with Crippen molar-refractivity contribution in [3.05, 3.63) is 57.1 Å². The molecule has 1 aliphatic heterocycles. The number of nitro groups is 1. The minimum atomic E-state index is -0.559. The van der Waals surface area contributed by atoms with Crippen molar-refractivity contribution in [2.24, 2.45) is 0 Å². The summed E-state index contributed by atoms with van der Waals surface area (Å²) >= 11 is 0. The number of rotatable bonds is 10. The summed E-state index contributed by atoms with van der Waals surface area (Å²) in [7, 11) is 4.78. The number of hydrogen-bond donors (Lipinski definition) is 0.